The van der Waals surface area contributed by atoms with Crippen molar-refractivity contribution in [2.45, 2.75) is 18.4 Å². The van der Waals surface area contributed by atoms with Gasteiger partial charge in [0, 0.05) is 17.9 Å². The van der Waals surface area contributed by atoms with Crippen molar-refractivity contribution < 1.29 is 14.4 Å². The van der Waals surface area contributed by atoms with Crippen LogP contribution in [-0.2, 0) is 9.59 Å². The Kier molecular flexibility index (Phi) is 6.73. The van der Waals surface area contributed by atoms with Gasteiger partial charge in [-0.05, 0) is 62.3 Å². The van der Waals surface area contributed by atoms with Crippen LogP contribution < -0.4 is 21.7 Å². The van der Waals surface area contributed by atoms with Gasteiger partial charge in [-0.1, -0.05) is 23.7 Å². The van der Waals surface area contributed by atoms with E-state index in [4.69, 9.17) is 17.3 Å². The standard InChI is InChI=1S/C23H25ClN6O3/c24-18-5-2-1-4-17(18)20(31)28-15-6-8-16(9-7-15)29-21(32)19-23(22(25)33,27-14-26-19)10-13-30-11-3-12-30/h1-2,4-9,27H,3,10-14H2,(H2,25,33)(H,28,31)(H,29,32). The van der Waals surface area contributed by atoms with Crippen LogP contribution in [-0.4, -0.2) is 60.2 Å². The number of hydrogen-bond donors (Lipinski definition) is 4. The molecule has 0 radical (unpaired) electrons. The number of hydrogen-bond acceptors (Lipinski definition) is 6. The molecule has 2 aliphatic rings. The van der Waals surface area contributed by atoms with Crippen LogP contribution in [0.2, 0.25) is 5.02 Å². The fraction of sp³-hybridized carbons (Fsp3) is 0.304. The zero-order valence-corrected chi connectivity index (χ0v) is 18.7. The monoisotopic (exact) mass is 468 g/mol. The molecule has 9 nitrogen and oxygen atoms in total. The lowest BCUT2D eigenvalue weighted by molar-refractivity contribution is -0.123. The number of nitrogens with one attached hydrogen (secondary N) is 3. The molecule has 1 saturated heterocycles. The molecule has 172 valence electrons. The van der Waals surface area contributed by atoms with Crippen LogP contribution in [0.1, 0.15) is 23.2 Å². The molecule has 0 spiro atoms. The van der Waals surface area contributed by atoms with Crippen LogP contribution in [0.5, 0.6) is 0 Å². The number of likely N-dealkylation sites (tertiary alicyclic amines) is 1. The molecular weight excluding hydrogens is 444 g/mol. The highest BCUT2D eigenvalue weighted by molar-refractivity contribution is 6.50. The summed E-state index contributed by atoms with van der Waals surface area (Å²) in [5, 5.41) is 8.91. The van der Waals surface area contributed by atoms with Crippen molar-refractivity contribution >= 4 is 46.4 Å². The number of amides is 3. The van der Waals surface area contributed by atoms with Gasteiger partial charge in [0.1, 0.15) is 11.3 Å². The number of halogens is 1. The first-order chi connectivity index (χ1) is 15.9. The molecule has 4 rings (SSSR count). The molecule has 2 aromatic rings. The molecular formula is C23H25ClN6O3. The number of carbonyl (C=O) groups is 3. The van der Waals surface area contributed by atoms with E-state index in [9.17, 15) is 14.4 Å². The summed E-state index contributed by atoms with van der Waals surface area (Å²) >= 11 is 6.07. The highest BCUT2D eigenvalue weighted by Crippen LogP contribution is 2.23. The molecule has 2 aromatic carbocycles. The lowest BCUT2D eigenvalue weighted by Crippen LogP contribution is -2.61. The van der Waals surface area contributed by atoms with E-state index in [1.165, 1.54) is 0 Å². The van der Waals surface area contributed by atoms with Gasteiger partial charge in [0.25, 0.3) is 11.8 Å². The largest absolute Gasteiger partial charge is 0.368 e. The van der Waals surface area contributed by atoms with E-state index in [2.05, 4.69) is 25.8 Å². The lowest BCUT2D eigenvalue weighted by atomic mass is 9.88. The van der Waals surface area contributed by atoms with E-state index in [-0.39, 0.29) is 18.3 Å². The van der Waals surface area contributed by atoms with Gasteiger partial charge in [-0.15, -0.1) is 0 Å². The third kappa shape index (κ3) is 4.90. The Balaban J connectivity index is 1.40. The molecule has 2 aliphatic heterocycles. The van der Waals surface area contributed by atoms with E-state index >= 15 is 0 Å². The van der Waals surface area contributed by atoms with Gasteiger partial charge in [-0.2, -0.15) is 0 Å². The van der Waals surface area contributed by atoms with Crippen LogP contribution in [0.4, 0.5) is 11.4 Å². The van der Waals surface area contributed by atoms with Crippen molar-refractivity contribution in [3.05, 3.63) is 59.1 Å². The van der Waals surface area contributed by atoms with Gasteiger partial charge < -0.3 is 21.3 Å². The third-order valence-corrected chi connectivity index (χ3v) is 6.26. The smallest absolute Gasteiger partial charge is 0.272 e. The number of primary amides is 1. The maximum Gasteiger partial charge on any atom is 0.272 e. The van der Waals surface area contributed by atoms with Crippen LogP contribution in [0.3, 0.4) is 0 Å². The number of aliphatic imine (C=N–C) groups is 1. The minimum atomic E-state index is -1.29. The van der Waals surface area contributed by atoms with Gasteiger partial charge in [-0.3, -0.25) is 24.7 Å². The van der Waals surface area contributed by atoms with Crippen molar-refractivity contribution in [3.63, 3.8) is 0 Å². The number of rotatable bonds is 8. The summed E-state index contributed by atoms with van der Waals surface area (Å²) < 4.78 is 0. The van der Waals surface area contributed by atoms with Gasteiger partial charge in [-0.25, -0.2) is 0 Å². The summed E-state index contributed by atoms with van der Waals surface area (Å²) in [6.45, 7) is 2.76. The summed E-state index contributed by atoms with van der Waals surface area (Å²) in [5.41, 5.74) is 5.89. The highest BCUT2D eigenvalue weighted by atomic mass is 35.5. The van der Waals surface area contributed by atoms with E-state index < -0.39 is 17.4 Å². The average molecular weight is 469 g/mol. The molecule has 0 saturated carbocycles. The highest BCUT2D eigenvalue weighted by Gasteiger charge is 2.47. The first-order valence-corrected chi connectivity index (χ1v) is 11.1. The van der Waals surface area contributed by atoms with Crippen molar-refractivity contribution in [2.24, 2.45) is 10.7 Å². The Hall–Kier alpha value is -3.27. The van der Waals surface area contributed by atoms with E-state index in [1.807, 2.05) is 0 Å². The minimum absolute atomic E-state index is 0.0895. The molecule has 2 heterocycles. The fourth-order valence-corrected chi connectivity index (χ4v) is 4.10. The molecule has 10 heteroatoms. The second-order valence-corrected chi connectivity index (χ2v) is 8.43. The predicted molar refractivity (Wildman–Crippen MR) is 128 cm³/mol. The predicted octanol–water partition coefficient (Wildman–Crippen LogP) is 1.85. The summed E-state index contributed by atoms with van der Waals surface area (Å²) in [5.74, 6) is -1.44. The number of carbonyl (C=O) groups excluding carboxylic acids is 3. The van der Waals surface area contributed by atoms with E-state index in [1.54, 1.807) is 48.5 Å². The zero-order chi connectivity index (χ0) is 23.4. The minimum Gasteiger partial charge on any atom is -0.368 e. The average Bonchev–Trinajstić information content (AvgIpc) is 3.20. The van der Waals surface area contributed by atoms with Crippen LogP contribution >= 0.6 is 11.6 Å². The third-order valence-electron chi connectivity index (χ3n) is 5.93. The van der Waals surface area contributed by atoms with Crippen LogP contribution in [0.25, 0.3) is 0 Å². The molecule has 0 aliphatic carbocycles. The van der Waals surface area contributed by atoms with E-state index in [0.29, 0.717) is 34.9 Å². The maximum atomic E-state index is 13.0. The molecule has 1 atom stereocenters. The Morgan fingerprint density at radius 2 is 1.67 bits per heavy atom. The number of nitrogens with two attached hydrogens (primary N) is 1. The molecule has 33 heavy (non-hydrogen) atoms. The van der Waals surface area contributed by atoms with Crippen LogP contribution in [0, 0.1) is 0 Å². The van der Waals surface area contributed by atoms with Gasteiger partial charge >= 0.3 is 0 Å². The summed E-state index contributed by atoms with van der Waals surface area (Å²) in [6.07, 6.45) is 1.51. The second kappa shape index (κ2) is 9.70. The molecule has 1 fully saturated rings. The SMILES string of the molecule is NC(=O)C1(CCN2CCC2)NCN=C1C(=O)Nc1ccc(NC(=O)c2ccccc2Cl)cc1. The Morgan fingerprint density at radius 3 is 2.24 bits per heavy atom. The summed E-state index contributed by atoms with van der Waals surface area (Å²) in [4.78, 5) is 44.1. The first kappa shape index (κ1) is 22.9. The molecule has 3 amide bonds. The van der Waals surface area contributed by atoms with E-state index in [0.717, 1.165) is 19.5 Å². The zero-order valence-electron chi connectivity index (χ0n) is 17.9. The number of anilines is 2. The quantitative estimate of drug-likeness (QED) is 0.470. The van der Waals surface area contributed by atoms with Crippen LogP contribution in [0.15, 0.2) is 53.5 Å². The van der Waals surface area contributed by atoms with Crippen molar-refractivity contribution in [1.82, 2.24) is 10.2 Å². The summed E-state index contributed by atoms with van der Waals surface area (Å²) in [7, 11) is 0. The van der Waals surface area contributed by atoms with Gasteiger partial charge in [0.15, 0.2) is 0 Å². The Bertz CT molecular complexity index is 1100. The first-order valence-electron chi connectivity index (χ1n) is 10.7. The topological polar surface area (TPSA) is 129 Å². The fourth-order valence-electron chi connectivity index (χ4n) is 3.87. The normalized spacial score (nSPS) is 20.0. The molecule has 5 N–H and O–H groups in total. The van der Waals surface area contributed by atoms with Gasteiger partial charge in [0.05, 0.1) is 17.3 Å². The number of benzene rings is 2. The van der Waals surface area contributed by atoms with Crippen molar-refractivity contribution in [3.8, 4) is 0 Å². The second-order valence-electron chi connectivity index (χ2n) is 8.02. The Labute approximate surface area is 196 Å². The lowest BCUT2D eigenvalue weighted by Gasteiger charge is -2.35. The van der Waals surface area contributed by atoms with Crippen molar-refractivity contribution in [2.75, 3.05) is 36.9 Å². The molecule has 0 aromatic heterocycles. The Morgan fingerprint density at radius 1 is 1.03 bits per heavy atom. The number of nitrogens with zero attached hydrogens (tertiary/aromatic N) is 2. The molecule has 0 bridgehead atoms. The van der Waals surface area contributed by atoms with Gasteiger partial charge in [0.2, 0.25) is 5.91 Å². The maximum absolute atomic E-state index is 13.0. The molecule has 1 unspecified atom stereocenters. The van der Waals surface area contributed by atoms with Crippen molar-refractivity contribution in [1.29, 1.82) is 0 Å². The summed E-state index contributed by atoms with van der Waals surface area (Å²) in [6, 6.07) is 13.4.